The first-order valence-electron chi connectivity index (χ1n) is 8.89. The minimum Gasteiger partial charge on any atom is -0.396 e. The molecule has 2 unspecified atom stereocenters. The van der Waals surface area contributed by atoms with E-state index in [1.807, 2.05) is 0 Å². The second-order valence-electron chi connectivity index (χ2n) is 6.54. The highest BCUT2D eigenvalue weighted by Crippen LogP contribution is 2.30. The van der Waals surface area contributed by atoms with Gasteiger partial charge in [-0.3, -0.25) is 0 Å². The largest absolute Gasteiger partial charge is 0.396 e. The lowest BCUT2D eigenvalue weighted by Crippen LogP contribution is -2.28. The van der Waals surface area contributed by atoms with Crippen LogP contribution >= 0.6 is 0 Å². The summed E-state index contributed by atoms with van der Waals surface area (Å²) in [7, 11) is 0. The highest BCUT2D eigenvalue weighted by Gasteiger charge is 2.24. The van der Waals surface area contributed by atoms with Gasteiger partial charge in [0.05, 0.1) is 0 Å². The predicted octanol–water partition coefficient (Wildman–Crippen LogP) is 4.05. The van der Waals surface area contributed by atoms with Gasteiger partial charge in [-0.15, -0.1) is 0 Å². The van der Waals surface area contributed by atoms with Crippen molar-refractivity contribution in [1.29, 1.82) is 0 Å². The van der Waals surface area contributed by atoms with Crippen molar-refractivity contribution in [2.75, 3.05) is 36.5 Å². The second kappa shape index (κ2) is 8.42. The molecule has 1 aliphatic rings. The van der Waals surface area contributed by atoms with E-state index in [1.165, 1.54) is 42.6 Å². The van der Waals surface area contributed by atoms with Gasteiger partial charge in [-0.1, -0.05) is 12.8 Å². The van der Waals surface area contributed by atoms with Crippen LogP contribution in [0.1, 0.15) is 45.1 Å². The normalized spacial score (nSPS) is 21.6. The number of aryl methyl sites for hydroxylation is 1. The zero-order chi connectivity index (χ0) is 15.9. The Bertz CT molecular complexity index is 457. The summed E-state index contributed by atoms with van der Waals surface area (Å²) in [4.78, 5) is 2.37. The Morgan fingerprint density at radius 2 is 1.82 bits per heavy atom. The van der Waals surface area contributed by atoms with Crippen LogP contribution in [-0.2, 0) is 0 Å². The van der Waals surface area contributed by atoms with E-state index >= 15 is 0 Å². The molecule has 1 aromatic rings. The Hall–Kier alpha value is -1.22. The molecular weight excluding hydrogens is 272 g/mol. The summed E-state index contributed by atoms with van der Waals surface area (Å²) in [6, 6.07) is 6.70. The van der Waals surface area contributed by atoms with Gasteiger partial charge >= 0.3 is 0 Å². The van der Waals surface area contributed by atoms with E-state index in [0.29, 0.717) is 18.4 Å². The SMILES string of the molecule is CCN(CC)c1ccc(NCC2CCCCC2CO)c(C)c1. The van der Waals surface area contributed by atoms with Gasteiger partial charge in [-0.05, 0) is 69.2 Å². The van der Waals surface area contributed by atoms with E-state index < -0.39 is 0 Å². The van der Waals surface area contributed by atoms with Crippen LogP contribution < -0.4 is 10.2 Å². The van der Waals surface area contributed by atoms with Crippen molar-refractivity contribution in [1.82, 2.24) is 0 Å². The van der Waals surface area contributed by atoms with Crippen LogP contribution in [0.3, 0.4) is 0 Å². The number of nitrogens with zero attached hydrogens (tertiary/aromatic N) is 1. The number of anilines is 2. The standard InChI is InChI=1S/C19H32N2O/c1-4-21(5-2)18-10-11-19(15(3)12-18)20-13-16-8-6-7-9-17(16)14-22/h10-12,16-17,20,22H,4-9,13-14H2,1-3H3. The molecule has 0 bridgehead atoms. The van der Waals surface area contributed by atoms with Crippen molar-refractivity contribution in [3.8, 4) is 0 Å². The zero-order valence-electron chi connectivity index (χ0n) is 14.4. The molecule has 1 aliphatic carbocycles. The van der Waals surface area contributed by atoms with Crippen LogP contribution in [-0.4, -0.2) is 31.3 Å². The Labute approximate surface area is 135 Å². The summed E-state index contributed by atoms with van der Waals surface area (Å²) in [6.45, 7) is 9.99. The van der Waals surface area contributed by atoms with Crippen molar-refractivity contribution in [3.63, 3.8) is 0 Å². The van der Waals surface area contributed by atoms with Gasteiger partial charge in [0.2, 0.25) is 0 Å². The molecule has 1 fully saturated rings. The van der Waals surface area contributed by atoms with Crippen LogP contribution in [0.4, 0.5) is 11.4 Å². The smallest absolute Gasteiger partial charge is 0.0462 e. The van der Waals surface area contributed by atoms with E-state index in [4.69, 9.17) is 0 Å². The Morgan fingerprint density at radius 3 is 2.41 bits per heavy atom. The van der Waals surface area contributed by atoms with Gasteiger partial charge in [0.1, 0.15) is 0 Å². The van der Waals surface area contributed by atoms with Crippen LogP contribution in [0, 0.1) is 18.8 Å². The third kappa shape index (κ3) is 4.16. The minimum absolute atomic E-state index is 0.340. The molecule has 2 N–H and O–H groups in total. The summed E-state index contributed by atoms with van der Waals surface area (Å²) in [5.74, 6) is 1.09. The molecule has 1 aromatic carbocycles. The van der Waals surface area contributed by atoms with E-state index in [1.54, 1.807) is 0 Å². The summed E-state index contributed by atoms with van der Waals surface area (Å²) in [5.41, 5.74) is 3.85. The number of rotatable bonds is 7. The first-order chi connectivity index (χ1) is 10.7. The topological polar surface area (TPSA) is 35.5 Å². The Balaban J connectivity index is 1.98. The summed E-state index contributed by atoms with van der Waals surface area (Å²) < 4.78 is 0. The molecule has 1 saturated carbocycles. The van der Waals surface area contributed by atoms with E-state index in [0.717, 1.165) is 19.6 Å². The van der Waals surface area contributed by atoms with E-state index in [-0.39, 0.29) is 0 Å². The lowest BCUT2D eigenvalue weighted by molar-refractivity contribution is 0.141. The highest BCUT2D eigenvalue weighted by atomic mass is 16.3. The number of hydrogen-bond acceptors (Lipinski definition) is 3. The Morgan fingerprint density at radius 1 is 1.14 bits per heavy atom. The van der Waals surface area contributed by atoms with Crippen molar-refractivity contribution < 1.29 is 5.11 Å². The lowest BCUT2D eigenvalue weighted by Gasteiger charge is -2.31. The van der Waals surface area contributed by atoms with Crippen LogP contribution in [0.15, 0.2) is 18.2 Å². The zero-order valence-corrected chi connectivity index (χ0v) is 14.4. The van der Waals surface area contributed by atoms with E-state index in [9.17, 15) is 5.11 Å². The van der Waals surface area contributed by atoms with Gasteiger partial charge in [0.25, 0.3) is 0 Å². The molecule has 3 heteroatoms. The van der Waals surface area contributed by atoms with Crippen LogP contribution in [0.25, 0.3) is 0 Å². The lowest BCUT2D eigenvalue weighted by atomic mass is 9.79. The number of aliphatic hydroxyl groups is 1. The maximum atomic E-state index is 9.53. The van der Waals surface area contributed by atoms with Crippen molar-refractivity contribution >= 4 is 11.4 Å². The van der Waals surface area contributed by atoms with Gasteiger partial charge in [0.15, 0.2) is 0 Å². The molecule has 0 amide bonds. The van der Waals surface area contributed by atoms with Crippen LogP contribution in [0.2, 0.25) is 0 Å². The minimum atomic E-state index is 0.340. The number of benzene rings is 1. The molecular formula is C19H32N2O. The molecule has 0 radical (unpaired) electrons. The second-order valence-corrected chi connectivity index (χ2v) is 6.54. The number of hydrogen-bond donors (Lipinski definition) is 2. The molecule has 0 aliphatic heterocycles. The molecule has 2 rings (SSSR count). The maximum absolute atomic E-state index is 9.53. The summed E-state index contributed by atoms with van der Waals surface area (Å²) in [6.07, 6.45) is 5.01. The summed E-state index contributed by atoms with van der Waals surface area (Å²) >= 11 is 0. The van der Waals surface area contributed by atoms with Gasteiger partial charge < -0.3 is 15.3 Å². The fraction of sp³-hybridized carbons (Fsp3) is 0.684. The monoisotopic (exact) mass is 304 g/mol. The van der Waals surface area contributed by atoms with Crippen molar-refractivity contribution in [3.05, 3.63) is 23.8 Å². The molecule has 22 heavy (non-hydrogen) atoms. The molecule has 0 heterocycles. The predicted molar refractivity (Wildman–Crippen MR) is 95.8 cm³/mol. The van der Waals surface area contributed by atoms with Gasteiger partial charge in [-0.2, -0.15) is 0 Å². The first kappa shape index (κ1) is 17.1. The maximum Gasteiger partial charge on any atom is 0.0462 e. The highest BCUT2D eigenvalue weighted by molar-refractivity contribution is 5.60. The quantitative estimate of drug-likeness (QED) is 0.797. The van der Waals surface area contributed by atoms with Crippen LogP contribution in [0.5, 0.6) is 0 Å². The average Bonchev–Trinajstić information content (AvgIpc) is 2.55. The third-order valence-corrected chi connectivity index (χ3v) is 5.19. The van der Waals surface area contributed by atoms with Gasteiger partial charge in [-0.25, -0.2) is 0 Å². The Kier molecular flexibility index (Phi) is 6.56. The average molecular weight is 304 g/mol. The molecule has 3 nitrogen and oxygen atoms in total. The number of nitrogens with one attached hydrogen (secondary N) is 1. The van der Waals surface area contributed by atoms with Gasteiger partial charge in [0, 0.05) is 37.6 Å². The van der Waals surface area contributed by atoms with Crippen molar-refractivity contribution in [2.45, 2.75) is 46.5 Å². The first-order valence-corrected chi connectivity index (χ1v) is 8.89. The van der Waals surface area contributed by atoms with Crippen molar-refractivity contribution in [2.24, 2.45) is 11.8 Å². The molecule has 124 valence electrons. The molecule has 2 atom stereocenters. The molecule has 0 saturated heterocycles. The fourth-order valence-corrected chi connectivity index (χ4v) is 3.67. The van der Waals surface area contributed by atoms with E-state index in [2.05, 4.69) is 49.2 Å². The summed E-state index contributed by atoms with van der Waals surface area (Å²) in [5, 5.41) is 13.2. The number of aliphatic hydroxyl groups excluding tert-OH is 1. The third-order valence-electron chi connectivity index (χ3n) is 5.19. The fourth-order valence-electron chi connectivity index (χ4n) is 3.67. The molecule has 0 aromatic heterocycles. The molecule has 0 spiro atoms.